The van der Waals surface area contributed by atoms with Crippen LogP contribution >= 0.6 is 32.2 Å². The van der Waals surface area contributed by atoms with Crippen LogP contribution in [0.15, 0.2) is 46.9 Å². The molecule has 0 radical (unpaired) electrons. The summed E-state index contributed by atoms with van der Waals surface area (Å²) in [6.07, 6.45) is 0. The van der Waals surface area contributed by atoms with Gasteiger partial charge in [-0.05, 0) is 30.3 Å². The summed E-state index contributed by atoms with van der Waals surface area (Å²) in [4.78, 5) is 20.8. The number of benzene rings is 2. The Morgan fingerprint density at radius 1 is 1.09 bits per heavy atom. The molecule has 0 aromatic heterocycles. The summed E-state index contributed by atoms with van der Waals surface area (Å²) < 4.78 is 5.23. The molecule has 0 fully saturated rings. The third-order valence-corrected chi connectivity index (χ3v) is 3.22. The predicted molar refractivity (Wildman–Crippen MR) is 83.1 cm³/mol. The van der Waals surface area contributed by atoms with Crippen LogP contribution in [0.5, 0.6) is 11.5 Å². The summed E-state index contributed by atoms with van der Waals surface area (Å²) in [5, 5.41) is 27.9. The number of hydrogen-bond acceptors (Lipinski definition) is 5. The molecule has 23 heavy (non-hydrogen) atoms. The van der Waals surface area contributed by atoms with Crippen LogP contribution in [0.25, 0.3) is 0 Å². The quantitative estimate of drug-likeness (QED) is 0.610. The summed E-state index contributed by atoms with van der Waals surface area (Å²) in [6, 6.07) is 10.4. The number of aromatic carboxylic acids is 2. The van der Waals surface area contributed by atoms with Gasteiger partial charge in [0.2, 0.25) is 0 Å². The summed E-state index contributed by atoms with van der Waals surface area (Å²) in [5.41, 5.74) is -0.0660. The number of phenols is 1. The molecule has 0 unspecified atom stereocenters. The standard InChI is InChI=1S/2C7H5BrO3.Na/c8-4-1-2-6(9)5(3-4)7(10)11;8-11-6-4-2-1-3-5(6)7(9)10;/h1-3,9H,(H,10,11);1-4H,(H,9,10);/q;;+1/p-1. The monoisotopic (exact) mass is 454 g/mol. The Bertz CT molecular complexity index is 693. The van der Waals surface area contributed by atoms with Crippen molar-refractivity contribution in [3.05, 3.63) is 58.1 Å². The normalized spacial score (nSPS) is 8.96. The van der Waals surface area contributed by atoms with Crippen LogP contribution in [0.2, 0.25) is 0 Å². The fourth-order valence-corrected chi connectivity index (χ4v) is 2.03. The molecule has 2 N–H and O–H groups in total. The van der Waals surface area contributed by atoms with Gasteiger partial charge in [0.1, 0.15) is 17.1 Å². The van der Waals surface area contributed by atoms with Gasteiger partial charge in [0.25, 0.3) is 0 Å². The van der Waals surface area contributed by atoms with Crippen molar-refractivity contribution < 1.29 is 58.3 Å². The van der Waals surface area contributed by atoms with E-state index in [1.165, 1.54) is 24.3 Å². The van der Waals surface area contributed by atoms with Gasteiger partial charge < -0.3 is 23.9 Å². The summed E-state index contributed by atoms with van der Waals surface area (Å²) >= 11 is 5.78. The van der Waals surface area contributed by atoms with Crippen LogP contribution in [-0.2, 0) is 0 Å². The second kappa shape index (κ2) is 10.7. The van der Waals surface area contributed by atoms with E-state index in [2.05, 4.69) is 36.0 Å². The zero-order valence-corrected chi connectivity index (χ0v) is 17.0. The van der Waals surface area contributed by atoms with E-state index in [4.69, 9.17) is 10.2 Å². The number of carbonyl (C=O) groups is 2. The van der Waals surface area contributed by atoms with Crippen LogP contribution in [0, 0.1) is 0 Å². The van der Waals surface area contributed by atoms with Crippen molar-refractivity contribution in [2.75, 3.05) is 0 Å². The first-order valence-corrected chi connectivity index (χ1v) is 7.11. The maximum absolute atomic E-state index is 10.4. The fourth-order valence-electron chi connectivity index (χ4n) is 1.38. The van der Waals surface area contributed by atoms with E-state index in [-0.39, 0.29) is 52.2 Å². The zero-order chi connectivity index (χ0) is 16.7. The molecule has 9 heteroatoms. The average Bonchev–Trinajstić information content (AvgIpc) is 2.50. The molecule has 6 nitrogen and oxygen atoms in total. The molecular formula is C14H9Br2NaO6. The zero-order valence-electron chi connectivity index (χ0n) is 11.8. The van der Waals surface area contributed by atoms with E-state index in [1.807, 2.05) is 0 Å². The third-order valence-electron chi connectivity index (χ3n) is 2.38. The molecule has 2 aromatic rings. The molecule has 0 aliphatic carbocycles. The Kier molecular flexibility index (Phi) is 10.2. The second-order valence-electron chi connectivity index (χ2n) is 3.83. The first-order chi connectivity index (χ1) is 10.4. The van der Waals surface area contributed by atoms with E-state index in [0.29, 0.717) is 4.47 Å². The number of aromatic hydroxyl groups is 1. The molecule has 2 rings (SSSR count). The minimum Gasteiger partial charge on any atom is -0.545 e. The maximum atomic E-state index is 10.4. The second-order valence-corrected chi connectivity index (χ2v) is 5.07. The number of halogens is 2. The molecule has 0 aliphatic heterocycles. The maximum Gasteiger partial charge on any atom is 1.00 e. The van der Waals surface area contributed by atoms with Gasteiger partial charge >= 0.3 is 35.5 Å². The Morgan fingerprint density at radius 3 is 2.13 bits per heavy atom. The molecule has 0 atom stereocenters. The summed E-state index contributed by atoms with van der Waals surface area (Å²) in [7, 11) is 0. The van der Waals surface area contributed by atoms with E-state index in [0.717, 1.165) is 0 Å². The van der Waals surface area contributed by atoms with Gasteiger partial charge in [-0.15, -0.1) is 0 Å². The molecule has 0 saturated carbocycles. The largest absolute Gasteiger partial charge is 1.00 e. The molecule has 0 heterocycles. The number of carboxylic acid groups (broad SMARTS) is 2. The number of para-hydroxylation sites is 1. The number of carboxylic acids is 2. The third kappa shape index (κ3) is 6.92. The average molecular weight is 456 g/mol. The Hall–Kier alpha value is -1.06. The van der Waals surface area contributed by atoms with Crippen LogP contribution in [-0.4, -0.2) is 22.2 Å². The van der Waals surface area contributed by atoms with Crippen LogP contribution in [0.1, 0.15) is 20.7 Å². The molecule has 0 spiro atoms. The van der Waals surface area contributed by atoms with Gasteiger partial charge in [-0.2, -0.15) is 0 Å². The van der Waals surface area contributed by atoms with E-state index in [1.54, 1.807) is 18.2 Å². The van der Waals surface area contributed by atoms with Crippen molar-refractivity contribution in [2.45, 2.75) is 0 Å². The Balaban J connectivity index is 0.000000403. The molecule has 0 aliphatic rings. The van der Waals surface area contributed by atoms with Gasteiger partial charge in [0.15, 0.2) is 16.3 Å². The van der Waals surface area contributed by atoms with E-state index >= 15 is 0 Å². The van der Waals surface area contributed by atoms with E-state index in [9.17, 15) is 14.7 Å². The van der Waals surface area contributed by atoms with Crippen LogP contribution < -0.4 is 38.5 Å². The fraction of sp³-hybridized carbons (Fsp3) is 0. The number of hydrogen-bond donors (Lipinski definition) is 2. The molecule has 2 aromatic carbocycles. The van der Waals surface area contributed by atoms with Crippen molar-refractivity contribution in [3.8, 4) is 11.5 Å². The van der Waals surface area contributed by atoms with Crippen molar-refractivity contribution in [3.63, 3.8) is 0 Å². The summed E-state index contributed by atoms with van der Waals surface area (Å²) in [6.45, 7) is 0. The minimum absolute atomic E-state index is 0. The van der Waals surface area contributed by atoms with Crippen LogP contribution in [0.4, 0.5) is 0 Å². The number of rotatable bonds is 3. The van der Waals surface area contributed by atoms with Gasteiger partial charge in [0, 0.05) is 10.0 Å². The Labute approximate surface area is 171 Å². The van der Waals surface area contributed by atoms with Crippen molar-refractivity contribution >= 4 is 44.1 Å². The smallest absolute Gasteiger partial charge is 0.545 e. The molecule has 0 bridgehead atoms. The van der Waals surface area contributed by atoms with Crippen molar-refractivity contribution in [2.24, 2.45) is 0 Å². The molecular weight excluding hydrogens is 447 g/mol. The van der Waals surface area contributed by atoms with Crippen molar-refractivity contribution in [1.82, 2.24) is 0 Å². The Morgan fingerprint density at radius 2 is 1.70 bits per heavy atom. The topological polar surface area (TPSA) is 107 Å². The predicted octanol–water partition coefficient (Wildman–Crippen LogP) is -0.404. The van der Waals surface area contributed by atoms with E-state index < -0.39 is 11.9 Å². The number of carbonyl (C=O) groups excluding carboxylic acids is 1. The first-order valence-electron chi connectivity index (χ1n) is 5.67. The molecule has 0 amide bonds. The minimum atomic E-state index is -1.25. The molecule has 116 valence electrons. The van der Waals surface area contributed by atoms with Crippen LogP contribution in [0.3, 0.4) is 0 Å². The van der Waals surface area contributed by atoms with Gasteiger partial charge in [-0.1, -0.05) is 28.1 Å². The first kappa shape index (κ1) is 21.9. The SMILES string of the molecule is O=C(O)c1cc(Br)ccc1O.O=C([O-])c1ccccc1OBr.[Na+]. The van der Waals surface area contributed by atoms with Gasteiger partial charge in [0.05, 0.1) is 5.97 Å². The summed E-state index contributed by atoms with van der Waals surface area (Å²) in [5.74, 6) is -2.36. The van der Waals surface area contributed by atoms with Crippen molar-refractivity contribution in [1.29, 1.82) is 0 Å². The molecule has 0 saturated heterocycles. The van der Waals surface area contributed by atoms with Gasteiger partial charge in [-0.3, -0.25) is 0 Å². The van der Waals surface area contributed by atoms with Gasteiger partial charge in [-0.25, -0.2) is 4.79 Å².